The lowest BCUT2D eigenvalue weighted by Crippen LogP contribution is -2.05. The van der Waals surface area contributed by atoms with Gasteiger partial charge in [-0.3, -0.25) is 15.1 Å². The first-order chi connectivity index (χ1) is 9.99. The second-order valence-corrected chi connectivity index (χ2v) is 5.30. The van der Waals surface area contributed by atoms with E-state index < -0.39 is 11.0 Å². The number of nitro benzene ring substituents is 1. The summed E-state index contributed by atoms with van der Waals surface area (Å²) in [5.41, 5.74) is 0.800. The zero-order valence-electron chi connectivity index (χ0n) is 11.2. The number of nitro groups is 1. The molecule has 0 unspecified atom stereocenters. The van der Waals surface area contributed by atoms with Gasteiger partial charge in [0.15, 0.2) is 0 Å². The fourth-order valence-corrected chi connectivity index (χ4v) is 2.30. The zero-order valence-corrected chi connectivity index (χ0v) is 12.8. The lowest BCUT2D eigenvalue weighted by Gasteiger charge is -2.14. The molecule has 0 aliphatic carbocycles. The van der Waals surface area contributed by atoms with Crippen molar-refractivity contribution in [2.45, 2.75) is 19.6 Å². The van der Waals surface area contributed by atoms with Crippen LogP contribution in [0.4, 0.5) is 5.69 Å². The fraction of sp³-hybridized carbons (Fsp3) is 0.214. The minimum absolute atomic E-state index is 0.0591. The summed E-state index contributed by atoms with van der Waals surface area (Å²) < 4.78 is 6.06. The number of ether oxygens (including phenoxy) is 1. The van der Waals surface area contributed by atoms with Crippen LogP contribution in [0.5, 0.6) is 5.75 Å². The highest BCUT2D eigenvalue weighted by atomic mass is 79.9. The number of hydrogen-bond acceptors (Lipinski definition) is 5. The highest BCUT2D eigenvalue weighted by Crippen LogP contribution is 2.38. The van der Waals surface area contributed by atoms with Gasteiger partial charge in [0.1, 0.15) is 6.61 Å². The van der Waals surface area contributed by atoms with Crippen molar-refractivity contribution >= 4 is 21.6 Å². The third-order valence-electron chi connectivity index (χ3n) is 2.80. The first-order valence-corrected chi connectivity index (χ1v) is 6.97. The number of nitrogens with zero attached hydrogens (tertiary/aromatic N) is 2. The highest BCUT2D eigenvalue weighted by Gasteiger charge is 2.23. The molecule has 21 heavy (non-hydrogen) atoms. The van der Waals surface area contributed by atoms with Gasteiger partial charge in [-0.15, -0.1) is 0 Å². The zero-order chi connectivity index (χ0) is 15.4. The SMILES string of the molecule is C[C@H](O)c1cc(Br)cc([N+](=O)[O-])c1OCc1ccccn1. The van der Waals surface area contributed by atoms with E-state index in [1.165, 1.54) is 13.0 Å². The van der Waals surface area contributed by atoms with Crippen molar-refractivity contribution < 1.29 is 14.8 Å². The van der Waals surface area contributed by atoms with Crippen LogP contribution >= 0.6 is 15.9 Å². The standard InChI is InChI=1S/C14H13BrN2O4/c1-9(18)12-6-10(15)7-13(17(19)20)14(12)21-8-11-4-2-3-5-16-11/h2-7,9,18H,8H2,1H3/t9-/m0/s1. The molecule has 0 aliphatic heterocycles. The topological polar surface area (TPSA) is 85.5 Å². The molecule has 1 atom stereocenters. The van der Waals surface area contributed by atoms with E-state index in [1.807, 2.05) is 0 Å². The van der Waals surface area contributed by atoms with Gasteiger partial charge in [-0.25, -0.2) is 0 Å². The van der Waals surface area contributed by atoms with Crippen molar-refractivity contribution in [1.82, 2.24) is 4.98 Å². The van der Waals surface area contributed by atoms with Crippen LogP contribution in [0.3, 0.4) is 0 Å². The molecule has 0 bridgehead atoms. The lowest BCUT2D eigenvalue weighted by atomic mass is 10.1. The average Bonchev–Trinajstić information content (AvgIpc) is 2.46. The maximum absolute atomic E-state index is 11.2. The Morgan fingerprint density at radius 1 is 1.48 bits per heavy atom. The number of pyridine rings is 1. The maximum atomic E-state index is 11.2. The molecule has 0 fully saturated rings. The first kappa shape index (κ1) is 15.4. The van der Waals surface area contributed by atoms with Crippen molar-refractivity contribution in [3.8, 4) is 5.75 Å². The molecular formula is C14H13BrN2O4. The summed E-state index contributed by atoms with van der Waals surface area (Å²) in [7, 11) is 0. The summed E-state index contributed by atoms with van der Waals surface area (Å²) >= 11 is 3.20. The van der Waals surface area contributed by atoms with Gasteiger partial charge < -0.3 is 9.84 Å². The predicted octanol–water partition coefficient (Wildman–Crippen LogP) is 3.38. The molecule has 0 aliphatic rings. The van der Waals surface area contributed by atoms with Crippen molar-refractivity contribution in [2.75, 3.05) is 0 Å². The Labute approximate surface area is 129 Å². The Bertz CT molecular complexity index is 647. The summed E-state index contributed by atoms with van der Waals surface area (Å²) in [4.78, 5) is 14.7. The van der Waals surface area contributed by atoms with Gasteiger partial charge in [-0.05, 0) is 25.1 Å². The van der Waals surface area contributed by atoms with E-state index in [-0.39, 0.29) is 18.0 Å². The molecule has 7 heteroatoms. The number of hydrogen-bond donors (Lipinski definition) is 1. The molecule has 110 valence electrons. The van der Waals surface area contributed by atoms with Gasteiger partial charge in [-0.1, -0.05) is 22.0 Å². The molecule has 1 N–H and O–H groups in total. The summed E-state index contributed by atoms with van der Waals surface area (Å²) in [6.45, 7) is 1.61. The van der Waals surface area contributed by atoms with Crippen molar-refractivity contribution in [2.24, 2.45) is 0 Å². The number of benzene rings is 1. The largest absolute Gasteiger partial charge is 0.480 e. The van der Waals surface area contributed by atoms with Crippen LogP contribution in [0.1, 0.15) is 24.3 Å². The van der Waals surface area contributed by atoms with Gasteiger partial charge in [-0.2, -0.15) is 0 Å². The van der Waals surface area contributed by atoms with Crippen LogP contribution in [0.15, 0.2) is 41.0 Å². The Morgan fingerprint density at radius 2 is 2.24 bits per heavy atom. The van der Waals surface area contributed by atoms with Gasteiger partial charge in [0, 0.05) is 22.3 Å². The molecule has 2 rings (SSSR count). The Kier molecular flexibility index (Phi) is 4.87. The molecule has 0 spiro atoms. The quantitative estimate of drug-likeness (QED) is 0.658. The maximum Gasteiger partial charge on any atom is 0.312 e. The molecule has 2 aromatic rings. The smallest absolute Gasteiger partial charge is 0.312 e. The Morgan fingerprint density at radius 3 is 2.81 bits per heavy atom. The first-order valence-electron chi connectivity index (χ1n) is 6.17. The van der Waals surface area contributed by atoms with Crippen LogP contribution in [-0.2, 0) is 6.61 Å². The fourth-order valence-electron chi connectivity index (χ4n) is 1.83. The Hall–Kier alpha value is -1.99. The minimum Gasteiger partial charge on any atom is -0.480 e. The molecule has 1 heterocycles. The summed E-state index contributed by atoms with van der Waals surface area (Å²) in [6.07, 6.45) is 0.726. The number of aromatic nitrogens is 1. The number of rotatable bonds is 5. The van der Waals surface area contributed by atoms with Crippen molar-refractivity contribution in [3.05, 3.63) is 62.4 Å². The highest BCUT2D eigenvalue weighted by molar-refractivity contribution is 9.10. The second kappa shape index (κ2) is 6.64. The third-order valence-corrected chi connectivity index (χ3v) is 3.26. The van der Waals surface area contributed by atoms with Gasteiger partial charge in [0.25, 0.3) is 0 Å². The molecule has 1 aromatic heterocycles. The molecule has 0 saturated heterocycles. The van der Waals surface area contributed by atoms with E-state index in [2.05, 4.69) is 20.9 Å². The van der Waals surface area contributed by atoms with Crippen LogP contribution < -0.4 is 4.74 Å². The van der Waals surface area contributed by atoms with Gasteiger partial charge in [0.2, 0.25) is 5.75 Å². The second-order valence-electron chi connectivity index (χ2n) is 4.39. The average molecular weight is 353 g/mol. The van der Waals surface area contributed by atoms with E-state index in [0.29, 0.717) is 15.7 Å². The monoisotopic (exact) mass is 352 g/mol. The summed E-state index contributed by atoms with van der Waals surface area (Å²) in [6, 6.07) is 8.28. The van der Waals surface area contributed by atoms with E-state index in [4.69, 9.17) is 4.74 Å². The van der Waals surface area contributed by atoms with Crippen molar-refractivity contribution in [1.29, 1.82) is 0 Å². The molecule has 0 radical (unpaired) electrons. The van der Waals surface area contributed by atoms with Crippen LogP contribution in [0, 0.1) is 10.1 Å². The lowest BCUT2D eigenvalue weighted by molar-refractivity contribution is -0.386. The van der Waals surface area contributed by atoms with Crippen LogP contribution in [0.2, 0.25) is 0 Å². The molecule has 6 nitrogen and oxygen atoms in total. The number of aliphatic hydroxyl groups excluding tert-OH is 1. The molecule has 1 aromatic carbocycles. The Balaban J connectivity index is 2.38. The summed E-state index contributed by atoms with van der Waals surface area (Å²) in [5, 5.41) is 21.0. The van der Waals surface area contributed by atoms with Crippen LogP contribution in [0.25, 0.3) is 0 Å². The minimum atomic E-state index is -0.889. The van der Waals surface area contributed by atoms with Crippen LogP contribution in [-0.4, -0.2) is 15.0 Å². The van der Waals surface area contributed by atoms with Gasteiger partial charge in [0.05, 0.1) is 16.7 Å². The van der Waals surface area contributed by atoms with E-state index >= 15 is 0 Å². The number of aliphatic hydroxyl groups is 1. The number of halogens is 1. The third kappa shape index (κ3) is 3.77. The normalized spacial score (nSPS) is 12.0. The molecular weight excluding hydrogens is 340 g/mol. The summed E-state index contributed by atoms with van der Waals surface area (Å²) in [5.74, 6) is 0.0591. The van der Waals surface area contributed by atoms with Gasteiger partial charge >= 0.3 is 5.69 Å². The molecule has 0 saturated carbocycles. The molecule has 0 amide bonds. The predicted molar refractivity (Wildman–Crippen MR) is 80.0 cm³/mol. The van der Waals surface area contributed by atoms with E-state index in [9.17, 15) is 15.2 Å². The van der Waals surface area contributed by atoms with E-state index in [1.54, 1.807) is 30.5 Å². The van der Waals surface area contributed by atoms with Crippen molar-refractivity contribution in [3.63, 3.8) is 0 Å². The van der Waals surface area contributed by atoms with E-state index in [0.717, 1.165) is 0 Å².